The third-order valence-electron chi connectivity index (χ3n) is 3.38. The molecule has 2 aromatic heterocycles. The molecule has 0 unspecified atom stereocenters. The van der Waals surface area contributed by atoms with Gasteiger partial charge in [-0.3, -0.25) is 4.98 Å². The summed E-state index contributed by atoms with van der Waals surface area (Å²) in [6.45, 7) is 6.66. The maximum absolute atomic E-state index is 6.09. The van der Waals surface area contributed by atoms with Crippen molar-refractivity contribution in [3.05, 3.63) is 24.5 Å². The zero-order chi connectivity index (χ0) is 14.2. The summed E-state index contributed by atoms with van der Waals surface area (Å²) in [4.78, 5) is 6.49. The number of aromatic nitrogens is 2. The molecular weight excluding hydrogens is 288 g/mol. The molecule has 1 aliphatic heterocycles. The Morgan fingerprint density at radius 1 is 1.30 bits per heavy atom. The van der Waals surface area contributed by atoms with Crippen molar-refractivity contribution in [2.45, 2.75) is 18.6 Å². The summed E-state index contributed by atoms with van der Waals surface area (Å²) in [5.41, 5.74) is 8.25. The van der Waals surface area contributed by atoms with Gasteiger partial charge in [0.15, 0.2) is 0 Å². The van der Waals surface area contributed by atoms with Crippen molar-refractivity contribution in [1.82, 2.24) is 9.36 Å². The van der Waals surface area contributed by atoms with Crippen molar-refractivity contribution >= 4 is 34.1 Å². The summed E-state index contributed by atoms with van der Waals surface area (Å²) >= 11 is 3.53. The largest absolute Gasteiger partial charge is 0.382 e. The van der Waals surface area contributed by atoms with Gasteiger partial charge in [-0.25, -0.2) is 0 Å². The third kappa shape index (κ3) is 2.62. The number of pyridine rings is 1. The van der Waals surface area contributed by atoms with Crippen LogP contribution in [-0.4, -0.2) is 32.9 Å². The third-order valence-corrected chi connectivity index (χ3v) is 5.60. The molecule has 0 spiro atoms. The molecule has 2 N–H and O–H groups in total. The van der Waals surface area contributed by atoms with Crippen LogP contribution in [0.15, 0.2) is 24.5 Å². The van der Waals surface area contributed by atoms with Gasteiger partial charge in [0.05, 0.1) is 5.56 Å². The molecule has 2 aromatic rings. The van der Waals surface area contributed by atoms with E-state index in [9.17, 15) is 0 Å². The van der Waals surface area contributed by atoms with Crippen LogP contribution in [0.3, 0.4) is 0 Å². The topological polar surface area (TPSA) is 55.0 Å². The van der Waals surface area contributed by atoms with Gasteiger partial charge in [-0.05, 0) is 43.1 Å². The average molecular weight is 306 g/mol. The van der Waals surface area contributed by atoms with Crippen LogP contribution >= 0.6 is 23.3 Å². The maximum atomic E-state index is 6.09. The Balaban J connectivity index is 1.99. The van der Waals surface area contributed by atoms with Crippen molar-refractivity contribution in [1.29, 1.82) is 0 Å². The fourth-order valence-corrected chi connectivity index (χ4v) is 4.46. The molecule has 0 bridgehead atoms. The van der Waals surface area contributed by atoms with Crippen LogP contribution in [0.4, 0.5) is 10.8 Å². The molecule has 0 atom stereocenters. The Bertz CT molecular complexity index is 594. The van der Waals surface area contributed by atoms with E-state index in [-0.39, 0.29) is 4.75 Å². The lowest BCUT2D eigenvalue weighted by Gasteiger charge is -2.38. The summed E-state index contributed by atoms with van der Waals surface area (Å²) in [6, 6.07) is 3.99. The Morgan fingerprint density at radius 2 is 2.05 bits per heavy atom. The number of nitrogen functional groups attached to an aromatic ring is 1. The molecule has 0 amide bonds. The lowest BCUT2D eigenvalue weighted by atomic mass is 10.1. The first kappa shape index (κ1) is 13.7. The fourth-order valence-electron chi connectivity index (χ4n) is 2.49. The van der Waals surface area contributed by atoms with Crippen LogP contribution in [0, 0.1) is 0 Å². The quantitative estimate of drug-likeness (QED) is 0.924. The molecule has 3 heterocycles. The molecular formula is C14H18N4S2. The van der Waals surface area contributed by atoms with E-state index >= 15 is 0 Å². The number of thioether (sulfide) groups is 1. The highest BCUT2D eigenvalue weighted by molar-refractivity contribution is 8.00. The molecule has 0 radical (unpaired) electrons. The molecule has 0 aliphatic carbocycles. The van der Waals surface area contributed by atoms with E-state index < -0.39 is 0 Å². The molecule has 106 valence electrons. The number of hydrogen-bond acceptors (Lipinski definition) is 6. The van der Waals surface area contributed by atoms with Crippen LogP contribution in [0.1, 0.15) is 13.8 Å². The Labute approximate surface area is 127 Å². The zero-order valence-corrected chi connectivity index (χ0v) is 13.3. The van der Waals surface area contributed by atoms with Crippen LogP contribution in [0.2, 0.25) is 0 Å². The van der Waals surface area contributed by atoms with Crippen LogP contribution in [-0.2, 0) is 0 Å². The number of rotatable bonds is 2. The highest BCUT2D eigenvalue weighted by Crippen LogP contribution is 2.42. The lowest BCUT2D eigenvalue weighted by Crippen LogP contribution is -2.43. The lowest BCUT2D eigenvalue weighted by molar-refractivity contribution is 0.651. The van der Waals surface area contributed by atoms with E-state index in [2.05, 4.69) is 28.1 Å². The molecule has 6 heteroatoms. The number of hydrogen-bond donors (Lipinski definition) is 1. The normalized spacial score (nSPS) is 18.2. The first-order valence-electron chi connectivity index (χ1n) is 6.61. The monoisotopic (exact) mass is 306 g/mol. The van der Waals surface area contributed by atoms with Gasteiger partial charge in [0.2, 0.25) is 0 Å². The molecule has 1 fully saturated rings. The fraction of sp³-hybridized carbons (Fsp3) is 0.429. The second-order valence-corrected chi connectivity index (χ2v) is 8.07. The van der Waals surface area contributed by atoms with Gasteiger partial charge in [-0.15, -0.1) is 0 Å². The smallest absolute Gasteiger partial charge is 0.147 e. The first-order chi connectivity index (χ1) is 9.57. The minimum Gasteiger partial charge on any atom is -0.382 e. The number of nitrogens with two attached hydrogens (primary N) is 1. The Hall–Kier alpha value is -1.27. The minimum absolute atomic E-state index is 0.270. The summed E-state index contributed by atoms with van der Waals surface area (Å²) in [5.74, 6) is 1.76. The van der Waals surface area contributed by atoms with Crippen molar-refractivity contribution in [2.75, 3.05) is 29.5 Å². The van der Waals surface area contributed by atoms with Gasteiger partial charge in [-0.1, -0.05) is 0 Å². The second-order valence-electron chi connectivity index (χ2n) is 5.51. The highest BCUT2D eigenvalue weighted by Gasteiger charge is 2.30. The average Bonchev–Trinajstić information content (AvgIpc) is 2.80. The van der Waals surface area contributed by atoms with Gasteiger partial charge >= 0.3 is 0 Å². The molecule has 0 aromatic carbocycles. The van der Waals surface area contributed by atoms with Crippen molar-refractivity contribution < 1.29 is 0 Å². The molecule has 4 nitrogen and oxygen atoms in total. The molecule has 1 aliphatic rings. The molecule has 3 rings (SSSR count). The van der Waals surface area contributed by atoms with E-state index in [1.54, 1.807) is 12.4 Å². The van der Waals surface area contributed by atoms with Gasteiger partial charge in [-0.2, -0.15) is 16.1 Å². The minimum atomic E-state index is 0.270. The number of anilines is 2. The van der Waals surface area contributed by atoms with E-state index in [1.807, 2.05) is 23.9 Å². The van der Waals surface area contributed by atoms with Crippen LogP contribution < -0.4 is 10.6 Å². The predicted molar refractivity (Wildman–Crippen MR) is 88.5 cm³/mol. The second kappa shape index (κ2) is 5.26. The van der Waals surface area contributed by atoms with Crippen molar-refractivity contribution in [2.24, 2.45) is 0 Å². The summed E-state index contributed by atoms with van der Waals surface area (Å²) in [7, 11) is 0. The zero-order valence-electron chi connectivity index (χ0n) is 11.7. The summed E-state index contributed by atoms with van der Waals surface area (Å²) < 4.78 is 4.64. The van der Waals surface area contributed by atoms with Gasteiger partial charge in [0.1, 0.15) is 10.8 Å². The molecule has 0 saturated carbocycles. The van der Waals surface area contributed by atoms with Gasteiger partial charge in [0.25, 0.3) is 0 Å². The van der Waals surface area contributed by atoms with Gasteiger partial charge < -0.3 is 10.6 Å². The predicted octanol–water partition coefficient (Wildman–Crippen LogP) is 3.12. The van der Waals surface area contributed by atoms with Crippen molar-refractivity contribution in [3.63, 3.8) is 0 Å². The number of nitrogens with zero attached hydrogens (tertiary/aromatic N) is 3. The van der Waals surface area contributed by atoms with E-state index in [1.165, 1.54) is 16.5 Å². The van der Waals surface area contributed by atoms with E-state index in [0.717, 1.165) is 30.0 Å². The Morgan fingerprint density at radius 3 is 2.75 bits per heavy atom. The molecule has 1 saturated heterocycles. The van der Waals surface area contributed by atoms with Crippen molar-refractivity contribution in [3.8, 4) is 11.1 Å². The summed E-state index contributed by atoms with van der Waals surface area (Å²) in [6.07, 6.45) is 3.60. The maximum Gasteiger partial charge on any atom is 0.147 e. The Kier molecular flexibility index (Phi) is 3.60. The van der Waals surface area contributed by atoms with Gasteiger partial charge in [0, 0.05) is 36.0 Å². The SMILES string of the molecule is CC1(C)CN(c2snc(N)c2-c2ccncc2)CCS1. The highest BCUT2D eigenvalue weighted by atomic mass is 32.2. The first-order valence-corrected chi connectivity index (χ1v) is 8.37. The summed E-state index contributed by atoms with van der Waals surface area (Å²) in [5, 5.41) is 1.18. The van der Waals surface area contributed by atoms with Crippen LogP contribution in [0.5, 0.6) is 0 Å². The van der Waals surface area contributed by atoms with E-state index in [4.69, 9.17) is 5.73 Å². The van der Waals surface area contributed by atoms with Crippen LogP contribution in [0.25, 0.3) is 11.1 Å². The molecule has 20 heavy (non-hydrogen) atoms. The van der Waals surface area contributed by atoms with E-state index in [0.29, 0.717) is 5.82 Å². The standard InChI is InChI=1S/C14H18N4S2/c1-14(2)9-18(7-8-19-14)13-11(12(15)17-20-13)10-3-5-16-6-4-10/h3-6H,7-9H2,1-2H3,(H2,15,17).